The number of hydrogen-bond donors (Lipinski definition) is 1. The van der Waals surface area contributed by atoms with E-state index >= 15 is 0 Å². The van der Waals surface area contributed by atoms with E-state index in [0.29, 0.717) is 13.0 Å². The van der Waals surface area contributed by atoms with Crippen LogP contribution in [-0.4, -0.2) is 44.0 Å². The van der Waals surface area contributed by atoms with Crippen LogP contribution in [0.3, 0.4) is 0 Å². The van der Waals surface area contributed by atoms with Gasteiger partial charge in [-0.15, -0.1) is 6.58 Å². The van der Waals surface area contributed by atoms with E-state index in [9.17, 15) is 13.2 Å². The Bertz CT molecular complexity index is 1010. The van der Waals surface area contributed by atoms with Gasteiger partial charge in [0.25, 0.3) is 0 Å². The molecule has 1 amide bonds. The zero-order valence-corrected chi connectivity index (χ0v) is 17.8. The molecule has 2 aromatic carbocycles. The van der Waals surface area contributed by atoms with Crippen LogP contribution < -0.4 is 5.32 Å². The van der Waals surface area contributed by atoms with E-state index in [1.165, 1.54) is 21.5 Å². The maximum Gasteiger partial charge on any atom is 0.224 e. The molecule has 1 saturated heterocycles. The molecule has 1 heterocycles. The minimum atomic E-state index is -3.46. The highest BCUT2D eigenvalue weighted by Crippen LogP contribution is 2.29. The molecule has 0 radical (unpaired) electrons. The smallest absolute Gasteiger partial charge is 0.224 e. The lowest BCUT2D eigenvalue weighted by molar-refractivity contribution is -0.124. The third-order valence-corrected chi connectivity index (χ3v) is 7.11. The van der Waals surface area contributed by atoms with Gasteiger partial charge in [-0.3, -0.25) is 4.79 Å². The number of sulfonamides is 1. The SMILES string of the molecule is C=CCS(=O)(=O)N1CCNC(=O)[C@@H](Cc2ccccc2-c2ccc(C)cc2C)C1. The van der Waals surface area contributed by atoms with E-state index in [1.54, 1.807) is 0 Å². The molecule has 6 heteroatoms. The maximum absolute atomic E-state index is 12.7. The molecule has 5 nitrogen and oxygen atoms in total. The van der Waals surface area contributed by atoms with Gasteiger partial charge in [-0.25, -0.2) is 8.42 Å². The van der Waals surface area contributed by atoms with Gasteiger partial charge >= 0.3 is 0 Å². The molecule has 29 heavy (non-hydrogen) atoms. The molecule has 0 unspecified atom stereocenters. The molecular weight excluding hydrogens is 384 g/mol. The minimum Gasteiger partial charge on any atom is -0.354 e. The Morgan fingerprint density at radius 1 is 1.17 bits per heavy atom. The lowest BCUT2D eigenvalue weighted by Gasteiger charge is -2.23. The molecular formula is C23H28N2O3S. The number of nitrogens with one attached hydrogen (secondary N) is 1. The first-order valence-electron chi connectivity index (χ1n) is 9.84. The number of carbonyl (C=O) groups is 1. The van der Waals surface area contributed by atoms with Gasteiger partial charge in [0.05, 0.1) is 11.7 Å². The van der Waals surface area contributed by atoms with Gasteiger partial charge in [0.2, 0.25) is 15.9 Å². The Hall–Kier alpha value is -2.44. The quantitative estimate of drug-likeness (QED) is 0.742. The monoisotopic (exact) mass is 412 g/mol. The largest absolute Gasteiger partial charge is 0.354 e. The third-order valence-electron chi connectivity index (χ3n) is 5.33. The highest BCUT2D eigenvalue weighted by Gasteiger charge is 2.31. The summed E-state index contributed by atoms with van der Waals surface area (Å²) in [5.74, 6) is -0.659. The van der Waals surface area contributed by atoms with Crippen molar-refractivity contribution >= 4 is 15.9 Å². The van der Waals surface area contributed by atoms with Crippen molar-refractivity contribution in [3.05, 3.63) is 71.8 Å². The van der Waals surface area contributed by atoms with Crippen LogP contribution in [0.25, 0.3) is 11.1 Å². The summed E-state index contributed by atoms with van der Waals surface area (Å²) in [6.07, 6.45) is 1.87. The van der Waals surface area contributed by atoms with E-state index in [2.05, 4.69) is 50.0 Å². The van der Waals surface area contributed by atoms with Crippen molar-refractivity contribution in [3.8, 4) is 11.1 Å². The topological polar surface area (TPSA) is 66.5 Å². The number of nitrogens with zero attached hydrogens (tertiary/aromatic N) is 1. The zero-order valence-electron chi connectivity index (χ0n) is 17.0. The van der Waals surface area contributed by atoms with Gasteiger partial charge in [-0.05, 0) is 42.5 Å². The Balaban J connectivity index is 1.92. The number of aryl methyl sites for hydroxylation is 2. The van der Waals surface area contributed by atoms with E-state index in [-0.39, 0.29) is 24.7 Å². The molecule has 1 aliphatic rings. The van der Waals surface area contributed by atoms with Crippen LogP contribution in [0.15, 0.2) is 55.1 Å². The number of rotatable bonds is 6. The summed E-state index contributed by atoms with van der Waals surface area (Å²) < 4.78 is 26.5. The molecule has 3 rings (SSSR count). The summed E-state index contributed by atoms with van der Waals surface area (Å²) in [6.45, 7) is 8.48. The van der Waals surface area contributed by atoms with E-state index in [4.69, 9.17) is 0 Å². The molecule has 1 N–H and O–H groups in total. The molecule has 0 bridgehead atoms. The van der Waals surface area contributed by atoms with Gasteiger partial charge < -0.3 is 5.32 Å². The van der Waals surface area contributed by atoms with Crippen molar-refractivity contribution in [2.45, 2.75) is 20.3 Å². The van der Waals surface area contributed by atoms with Crippen LogP contribution in [-0.2, 0) is 21.2 Å². The number of carbonyl (C=O) groups excluding carboxylic acids is 1. The van der Waals surface area contributed by atoms with Crippen molar-refractivity contribution in [1.29, 1.82) is 0 Å². The molecule has 1 fully saturated rings. The minimum absolute atomic E-state index is 0.100. The van der Waals surface area contributed by atoms with Gasteiger partial charge in [0.15, 0.2) is 0 Å². The van der Waals surface area contributed by atoms with Gasteiger partial charge in [-0.2, -0.15) is 4.31 Å². The predicted molar refractivity (Wildman–Crippen MR) is 117 cm³/mol. The first kappa shape index (κ1) is 21.3. The summed E-state index contributed by atoms with van der Waals surface area (Å²) in [7, 11) is -3.46. The predicted octanol–water partition coefficient (Wildman–Crippen LogP) is 3.08. The lowest BCUT2D eigenvalue weighted by Crippen LogP contribution is -2.38. The molecule has 1 aliphatic heterocycles. The van der Waals surface area contributed by atoms with E-state index < -0.39 is 15.9 Å². The van der Waals surface area contributed by atoms with Crippen LogP contribution in [0.2, 0.25) is 0 Å². The number of amides is 1. The van der Waals surface area contributed by atoms with Crippen LogP contribution >= 0.6 is 0 Å². The van der Waals surface area contributed by atoms with Crippen molar-refractivity contribution < 1.29 is 13.2 Å². The fourth-order valence-corrected chi connectivity index (χ4v) is 5.16. The average molecular weight is 413 g/mol. The highest BCUT2D eigenvalue weighted by atomic mass is 32.2. The zero-order chi connectivity index (χ0) is 21.0. The molecule has 0 aliphatic carbocycles. The Kier molecular flexibility index (Phi) is 6.55. The fraction of sp³-hybridized carbons (Fsp3) is 0.348. The van der Waals surface area contributed by atoms with Gasteiger partial charge in [0.1, 0.15) is 0 Å². The van der Waals surface area contributed by atoms with Crippen LogP contribution in [0.5, 0.6) is 0 Å². The van der Waals surface area contributed by atoms with E-state index in [1.807, 2.05) is 18.2 Å². The van der Waals surface area contributed by atoms with Gasteiger partial charge in [-0.1, -0.05) is 54.1 Å². The van der Waals surface area contributed by atoms with E-state index in [0.717, 1.165) is 16.7 Å². The molecule has 0 saturated carbocycles. The highest BCUT2D eigenvalue weighted by molar-refractivity contribution is 7.89. The Labute approximate surface area is 173 Å². The first-order valence-corrected chi connectivity index (χ1v) is 11.4. The molecule has 0 aromatic heterocycles. The Morgan fingerprint density at radius 3 is 2.66 bits per heavy atom. The number of benzene rings is 2. The molecule has 2 aromatic rings. The molecule has 0 spiro atoms. The third kappa shape index (κ3) is 4.95. The summed E-state index contributed by atoms with van der Waals surface area (Å²) in [5.41, 5.74) is 5.65. The number of hydrogen-bond acceptors (Lipinski definition) is 3. The second-order valence-electron chi connectivity index (χ2n) is 7.59. The first-order chi connectivity index (χ1) is 13.8. The Morgan fingerprint density at radius 2 is 1.93 bits per heavy atom. The van der Waals surface area contributed by atoms with Crippen LogP contribution in [0.1, 0.15) is 16.7 Å². The normalized spacial score (nSPS) is 18.1. The lowest BCUT2D eigenvalue weighted by atomic mass is 9.89. The summed E-state index contributed by atoms with van der Waals surface area (Å²) in [4.78, 5) is 12.7. The molecule has 1 atom stereocenters. The average Bonchev–Trinajstić information content (AvgIpc) is 2.85. The maximum atomic E-state index is 12.7. The van der Waals surface area contributed by atoms with Crippen molar-refractivity contribution in [3.63, 3.8) is 0 Å². The summed E-state index contributed by atoms with van der Waals surface area (Å²) in [6, 6.07) is 14.4. The van der Waals surface area contributed by atoms with Crippen molar-refractivity contribution in [1.82, 2.24) is 9.62 Å². The van der Waals surface area contributed by atoms with Crippen LogP contribution in [0, 0.1) is 19.8 Å². The molecule has 154 valence electrons. The van der Waals surface area contributed by atoms with Crippen molar-refractivity contribution in [2.24, 2.45) is 5.92 Å². The van der Waals surface area contributed by atoms with Crippen molar-refractivity contribution in [2.75, 3.05) is 25.4 Å². The summed E-state index contributed by atoms with van der Waals surface area (Å²) >= 11 is 0. The second kappa shape index (κ2) is 8.93. The second-order valence-corrected chi connectivity index (χ2v) is 9.61. The fourth-order valence-electron chi connectivity index (χ4n) is 3.87. The summed E-state index contributed by atoms with van der Waals surface area (Å²) in [5, 5.41) is 2.87. The van der Waals surface area contributed by atoms with Crippen LogP contribution in [0.4, 0.5) is 0 Å². The van der Waals surface area contributed by atoms with Gasteiger partial charge in [0, 0.05) is 19.6 Å². The standard InChI is InChI=1S/C23H28N2O3S/c1-4-13-29(27,28)25-12-11-24-23(26)20(16-25)15-19-7-5-6-8-22(19)21-10-9-17(2)14-18(21)3/h4-10,14,20H,1,11-13,15-16H2,2-3H3,(H,24,26)/t20-/m0/s1.